The number of urea groups is 1. The van der Waals surface area contributed by atoms with Crippen molar-refractivity contribution in [3.63, 3.8) is 0 Å². The van der Waals surface area contributed by atoms with E-state index in [0.29, 0.717) is 69.2 Å². The van der Waals surface area contributed by atoms with E-state index in [1.54, 1.807) is 27.5 Å². The van der Waals surface area contributed by atoms with Crippen LogP contribution in [0, 0.1) is 6.92 Å². The molecule has 2 aromatic carbocycles. The lowest BCUT2D eigenvalue weighted by Gasteiger charge is -2.28. The van der Waals surface area contributed by atoms with Gasteiger partial charge in [-0.3, -0.25) is 9.69 Å². The van der Waals surface area contributed by atoms with Gasteiger partial charge < -0.3 is 25.0 Å². The highest BCUT2D eigenvalue weighted by Gasteiger charge is 2.49. The van der Waals surface area contributed by atoms with Crippen LogP contribution in [0.25, 0.3) is 33.2 Å². The first-order chi connectivity index (χ1) is 25.6. The predicted octanol–water partition coefficient (Wildman–Crippen LogP) is 6.53. The van der Waals surface area contributed by atoms with E-state index in [1.165, 1.54) is 10.2 Å². The van der Waals surface area contributed by atoms with Gasteiger partial charge in [0.2, 0.25) is 5.88 Å². The van der Waals surface area contributed by atoms with Crippen molar-refractivity contribution in [2.75, 3.05) is 52.3 Å². The molecule has 0 radical (unpaired) electrons. The van der Waals surface area contributed by atoms with Crippen LogP contribution in [0.3, 0.4) is 0 Å². The largest absolute Gasteiger partial charge is 0.481 e. The number of methoxy groups -OCH3 is 2. The molecule has 5 aromatic rings. The van der Waals surface area contributed by atoms with Crippen molar-refractivity contribution >= 4 is 51.5 Å². The zero-order valence-corrected chi connectivity index (χ0v) is 31.5. The maximum absolute atomic E-state index is 13.1. The fourth-order valence-electron chi connectivity index (χ4n) is 8.19. The Kier molecular flexibility index (Phi) is 9.26. The van der Waals surface area contributed by atoms with Gasteiger partial charge in [0, 0.05) is 79.7 Å². The minimum absolute atomic E-state index is 0.0234. The summed E-state index contributed by atoms with van der Waals surface area (Å²) in [5.74, 6) is 0.985. The number of amides is 2. The van der Waals surface area contributed by atoms with Crippen LogP contribution < -0.4 is 20.9 Å². The number of aromatic nitrogens is 4. The molecule has 2 fully saturated rings. The Morgan fingerprint density at radius 2 is 1.79 bits per heavy atom. The Morgan fingerprint density at radius 1 is 1.02 bits per heavy atom. The highest BCUT2D eigenvalue weighted by Crippen LogP contribution is 2.47. The fourth-order valence-corrected chi connectivity index (χ4v) is 8.79. The van der Waals surface area contributed by atoms with Gasteiger partial charge in [-0.2, -0.15) is 5.10 Å². The van der Waals surface area contributed by atoms with E-state index in [-0.39, 0.29) is 23.2 Å². The summed E-state index contributed by atoms with van der Waals surface area (Å²) in [6.07, 6.45) is 4.35. The SMILES string of the molecule is COCCN1C[C@@]2(CCN([C@@H]3CCc4cc(-c5cccc(-c6cccc(Nc7nc(C)cc8cnn(C)c(=O)c78)c6Cl)c5Cl)nc(OC)c43)C2)NC1=O. The van der Waals surface area contributed by atoms with Crippen molar-refractivity contribution in [2.24, 2.45) is 7.05 Å². The van der Waals surface area contributed by atoms with Crippen molar-refractivity contribution in [3.8, 4) is 28.3 Å². The van der Waals surface area contributed by atoms with E-state index in [1.807, 2.05) is 54.3 Å². The summed E-state index contributed by atoms with van der Waals surface area (Å²) in [5, 5.41) is 12.8. The van der Waals surface area contributed by atoms with Crippen molar-refractivity contribution in [1.82, 2.24) is 34.9 Å². The number of anilines is 2. The highest BCUT2D eigenvalue weighted by molar-refractivity contribution is 6.39. The van der Waals surface area contributed by atoms with Gasteiger partial charge in [0.05, 0.1) is 52.3 Å². The van der Waals surface area contributed by atoms with Crippen LogP contribution in [0.4, 0.5) is 16.3 Å². The van der Waals surface area contributed by atoms with Gasteiger partial charge in [-0.25, -0.2) is 19.4 Å². The van der Waals surface area contributed by atoms with Crippen molar-refractivity contribution in [1.29, 1.82) is 0 Å². The fraction of sp³-hybridized carbons (Fsp3) is 0.359. The van der Waals surface area contributed by atoms with Gasteiger partial charge in [0.25, 0.3) is 5.56 Å². The van der Waals surface area contributed by atoms with Crippen LogP contribution in [0.5, 0.6) is 5.88 Å². The third kappa shape index (κ3) is 6.27. The third-order valence-corrected chi connectivity index (χ3v) is 11.6. The second-order valence-corrected chi connectivity index (χ2v) is 14.9. The molecule has 53 heavy (non-hydrogen) atoms. The zero-order valence-electron chi connectivity index (χ0n) is 30.0. The molecule has 1 spiro atoms. The van der Waals surface area contributed by atoms with Crippen LogP contribution >= 0.6 is 23.2 Å². The highest BCUT2D eigenvalue weighted by atomic mass is 35.5. The summed E-state index contributed by atoms with van der Waals surface area (Å²) < 4.78 is 12.5. The number of carbonyl (C=O) groups is 1. The molecule has 2 N–H and O–H groups in total. The number of aryl methyl sites for hydroxylation is 3. The molecule has 0 bridgehead atoms. The molecule has 274 valence electrons. The summed E-state index contributed by atoms with van der Waals surface area (Å²) in [6.45, 7) is 5.28. The zero-order chi connectivity index (χ0) is 37.0. The number of fused-ring (bicyclic) bond motifs is 2. The van der Waals surface area contributed by atoms with Crippen LogP contribution in [0.15, 0.2) is 59.5 Å². The molecule has 3 aliphatic rings. The summed E-state index contributed by atoms with van der Waals surface area (Å²) in [4.78, 5) is 39.8. The molecule has 5 heterocycles. The van der Waals surface area contributed by atoms with Gasteiger partial charge in [-0.15, -0.1) is 0 Å². The Bertz CT molecular complexity index is 2330. The molecule has 3 aromatic heterocycles. The first kappa shape index (κ1) is 35.3. The van der Waals surface area contributed by atoms with Crippen LogP contribution in [0.1, 0.15) is 35.7 Å². The maximum atomic E-state index is 13.1. The van der Waals surface area contributed by atoms with E-state index in [2.05, 4.69) is 31.7 Å². The molecule has 12 nitrogen and oxygen atoms in total. The number of nitrogens with one attached hydrogen (secondary N) is 2. The number of halogens is 2. The molecule has 2 amide bonds. The Balaban J connectivity index is 1.09. The minimum atomic E-state index is -0.269. The monoisotopic (exact) mass is 754 g/mol. The molecule has 14 heteroatoms. The first-order valence-electron chi connectivity index (χ1n) is 17.7. The summed E-state index contributed by atoms with van der Waals surface area (Å²) in [6, 6.07) is 15.5. The topological polar surface area (TPSA) is 127 Å². The summed E-state index contributed by atoms with van der Waals surface area (Å²) >= 11 is 14.3. The molecular formula is C39H40Cl2N8O4. The van der Waals surface area contributed by atoms with Crippen LogP contribution in [-0.4, -0.2) is 88.1 Å². The molecule has 2 atom stereocenters. The average molecular weight is 756 g/mol. The maximum Gasteiger partial charge on any atom is 0.318 e. The molecule has 2 saturated heterocycles. The molecule has 0 unspecified atom stereocenters. The van der Waals surface area contributed by atoms with Gasteiger partial charge in [-0.05, 0) is 49.9 Å². The number of hydrogen-bond acceptors (Lipinski definition) is 9. The second-order valence-electron chi connectivity index (χ2n) is 14.1. The van der Waals surface area contributed by atoms with Gasteiger partial charge in [-0.1, -0.05) is 53.5 Å². The molecule has 2 aliphatic heterocycles. The van der Waals surface area contributed by atoms with E-state index in [9.17, 15) is 9.59 Å². The standard InChI is InChI=1S/C39H40Cl2N8O4/c1-22-17-24-19-42-47(2)37(50)32(24)35(43-22)44-28-10-6-8-26(34(28)41)25-7-5-9-27(33(25)40)29-18-23-11-12-30(31(23)36(45-29)53-4)48-14-13-39(20-48)21-49(15-16-52-3)38(51)46-39/h5-10,17-19,30H,11-16,20-21H2,1-4H3,(H,43,44)(H,46,51)/t30-,39+/m1/s1. The van der Waals surface area contributed by atoms with E-state index < -0.39 is 0 Å². The Labute approximate surface area is 317 Å². The Morgan fingerprint density at radius 3 is 2.58 bits per heavy atom. The first-order valence-corrected chi connectivity index (χ1v) is 18.4. The van der Waals surface area contributed by atoms with E-state index in [4.69, 9.17) is 37.7 Å². The number of benzene rings is 2. The van der Waals surface area contributed by atoms with Gasteiger partial charge in [0.15, 0.2) is 0 Å². The predicted molar refractivity (Wildman–Crippen MR) is 206 cm³/mol. The second kappa shape index (κ2) is 13.9. The van der Waals surface area contributed by atoms with E-state index >= 15 is 0 Å². The summed E-state index contributed by atoms with van der Waals surface area (Å²) in [5.41, 5.74) is 5.99. The number of rotatable bonds is 9. The number of carbonyl (C=O) groups excluding carboxylic acids is 1. The lowest BCUT2D eigenvalue weighted by Crippen LogP contribution is -2.46. The smallest absolute Gasteiger partial charge is 0.318 e. The van der Waals surface area contributed by atoms with Crippen LogP contribution in [0.2, 0.25) is 10.0 Å². The van der Waals surface area contributed by atoms with Gasteiger partial charge in [0.1, 0.15) is 5.82 Å². The van der Waals surface area contributed by atoms with Crippen LogP contribution in [-0.2, 0) is 18.2 Å². The van der Waals surface area contributed by atoms with Crippen molar-refractivity contribution in [3.05, 3.63) is 91.9 Å². The quantitative estimate of drug-likeness (QED) is 0.173. The number of hydrogen-bond donors (Lipinski definition) is 2. The minimum Gasteiger partial charge on any atom is -0.481 e. The van der Waals surface area contributed by atoms with Crippen molar-refractivity contribution < 1.29 is 14.3 Å². The molecule has 8 rings (SSSR count). The number of nitrogens with zero attached hydrogens (tertiary/aromatic N) is 6. The van der Waals surface area contributed by atoms with E-state index in [0.717, 1.165) is 54.7 Å². The Hall–Kier alpha value is -4.75. The van der Waals surface area contributed by atoms with Crippen molar-refractivity contribution in [2.45, 2.75) is 37.8 Å². The number of pyridine rings is 2. The number of likely N-dealkylation sites (tertiary alicyclic amines) is 1. The lowest BCUT2D eigenvalue weighted by molar-refractivity contribution is 0.158. The van der Waals surface area contributed by atoms with Gasteiger partial charge >= 0.3 is 6.03 Å². The number of ether oxygens (including phenoxy) is 2. The molecular weight excluding hydrogens is 715 g/mol. The molecule has 0 saturated carbocycles. The third-order valence-electron chi connectivity index (χ3n) is 10.7. The lowest BCUT2D eigenvalue weighted by atomic mass is 9.99. The molecule has 1 aliphatic carbocycles. The summed E-state index contributed by atoms with van der Waals surface area (Å²) in [7, 11) is 4.92. The normalized spacial score (nSPS) is 19.7. The average Bonchev–Trinajstić information content (AvgIpc) is 3.85.